The SMILES string of the molecule is COc1ccc(F)cc1C[n+]1ccn(CCCCCCCCCCCC(F)(F)C(F)(F)C(F)(F)C(F)(F)C(F)(F)C(F)(F)F)c1C. The molecule has 3 nitrogen and oxygen atoms in total. The number of hydrogen-bond donors (Lipinski definition) is 0. The minimum absolute atomic E-state index is 0.180. The second kappa shape index (κ2) is 15.0. The summed E-state index contributed by atoms with van der Waals surface area (Å²) in [6.07, 6.45) is -2.46. The van der Waals surface area contributed by atoms with Crippen molar-refractivity contribution >= 4 is 0 Å². The van der Waals surface area contributed by atoms with Crippen molar-refractivity contribution in [3.05, 3.63) is 47.8 Å². The quantitative estimate of drug-likeness (QED) is 0.0814. The molecule has 0 aliphatic carbocycles. The molecule has 0 saturated heterocycles. The standard InChI is InChI=1S/C29H35F14N2O/c1-20-44(16-17-45(20)19-21-18-22(30)12-13-23(21)46-2)15-11-9-7-5-3-4-6-8-10-14-24(31,32)25(33,34)26(35,36)27(37,38)28(39,40)29(41,42)43/h12-13,16-18H,3-11,14-15,19H2,1-2H3/q+1. The zero-order chi connectivity index (χ0) is 35.2. The number of aromatic nitrogens is 2. The molecule has 0 aliphatic rings. The monoisotopic (exact) mass is 693 g/mol. The molecule has 0 amide bonds. The van der Waals surface area contributed by atoms with E-state index in [1.807, 2.05) is 28.5 Å². The van der Waals surface area contributed by atoms with Crippen molar-refractivity contribution in [3.63, 3.8) is 0 Å². The highest BCUT2D eigenvalue weighted by molar-refractivity contribution is 5.33. The Hall–Kier alpha value is -2.75. The number of nitrogens with zero attached hydrogens (tertiary/aromatic N) is 2. The van der Waals surface area contributed by atoms with Gasteiger partial charge in [-0.2, -0.15) is 57.1 Å². The number of unbranched alkanes of at least 4 members (excludes halogenated alkanes) is 8. The molecular weight excluding hydrogens is 658 g/mol. The Balaban J connectivity index is 1.71. The van der Waals surface area contributed by atoms with Gasteiger partial charge >= 0.3 is 35.8 Å². The molecule has 0 fully saturated rings. The van der Waals surface area contributed by atoms with Crippen LogP contribution < -0.4 is 9.30 Å². The molecule has 2 rings (SSSR count). The Bertz CT molecular complexity index is 1260. The van der Waals surface area contributed by atoms with Crippen LogP contribution in [0.3, 0.4) is 0 Å². The van der Waals surface area contributed by atoms with E-state index >= 15 is 0 Å². The molecule has 17 heteroatoms. The van der Waals surface area contributed by atoms with Gasteiger partial charge in [0.15, 0.2) is 0 Å². The van der Waals surface area contributed by atoms with E-state index < -0.39 is 48.6 Å². The van der Waals surface area contributed by atoms with Crippen molar-refractivity contribution in [3.8, 4) is 5.75 Å². The van der Waals surface area contributed by atoms with Gasteiger partial charge in [0.25, 0.3) is 5.82 Å². The lowest BCUT2D eigenvalue weighted by atomic mass is 9.91. The topological polar surface area (TPSA) is 18.0 Å². The van der Waals surface area contributed by atoms with Crippen molar-refractivity contribution in [2.75, 3.05) is 7.11 Å². The van der Waals surface area contributed by atoms with Gasteiger partial charge in [0.05, 0.1) is 13.7 Å². The second-order valence-corrected chi connectivity index (χ2v) is 11.1. The molecule has 0 N–H and O–H groups in total. The van der Waals surface area contributed by atoms with Gasteiger partial charge in [-0.3, -0.25) is 0 Å². The van der Waals surface area contributed by atoms with Crippen LogP contribution in [0, 0.1) is 12.7 Å². The molecular formula is C29H35F14N2O+. The Morgan fingerprint density at radius 3 is 1.70 bits per heavy atom. The normalized spacial score (nSPS) is 13.8. The lowest BCUT2D eigenvalue weighted by Gasteiger charge is -2.39. The van der Waals surface area contributed by atoms with E-state index in [-0.39, 0.29) is 18.7 Å². The average molecular weight is 694 g/mol. The van der Waals surface area contributed by atoms with E-state index in [0.717, 1.165) is 31.5 Å². The fourth-order valence-electron chi connectivity index (χ4n) is 4.82. The predicted octanol–water partition coefficient (Wildman–Crippen LogP) is 9.92. The number of halogens is 14. The minimum Gasteiger partial charge on any atom is -0.496 e. The Labute approximate surface area is 256 Å². The van der Waals surface area contributed by atoms with Crippen molar-refractivity contribution in [1.29, 1.82) is 0 Å². The van der Waals surface area contributed by atoms with Gasteiger partial charge in [-0.15, -0.1) is 0 Å². The summed E-state index contributed by atoms with van der Waals surface area (Å²) in [5.41, 5.74) is 0.679. The number of ether oxygens (including phenoxy) is 1. The summed E-state index contributed by atoms with van der Waals surface area (Å²) in [6, 6.07) is 4.26. The van der Waals surface area contributed by atoms with Crippen LogP contribution in [-0.2, 0) is 13.1 Å². The van der Waals surface area contributed by atoms with Crippen molar-refractivity contribution in [2.45, 2.75) is 120 Å². The molecule has 0 aliphatic heterocycles. The maximum absolute atomic E-state index is 13.8. The molecule has 1 aromatic carbocycles. The van der Waals surface area contributed by atoms with Crippen molar-refractivity contribution in [2.24, 2.45) is 0 Å². The summed E-state index contributed by atoms with van der Waals surface area (Å²) in [7, 11) is 1.50. The second-order valence-electron chi connectivity index (χ2n) is 11.1. The van der Waals surface area contributed by atoms with Crippen LogP contribution >= 0.6 is 0 Å². The third kappa shape index (κ3) is 8.39. The van der Waals surface area contributed by atoms with E-state index in [9.17, 15) is 61.5 Å². The van der Waals surface area contributed by atoms with E-state index in [4.69, 9.17) is 4.74 Å². The van der Waals surface area contributed by atoms with E-state index in [1.165, 1.54) is 19.2 Å². The number of imidazole rings is 1. The van der Waals surface area contributed by atoms with Gasteiger partial charge in [0.2, 0.25) is 0 Å². The average Bonchev–Trinajstić information content (AvgIpc) is 3.29. The maximum Gasteiger partial charge on any atom is 0.460 e. The fraction of sp³-hybridized carbons (Fsp3) is 0.690. The third-order valence-electron chi connectivity index (χ3n) is 7.73. The number of rotatable bonds is 19. The smallest absolute Gasteiger partial charge is 0.460 e. The number of benzene rings is 1. The molecule has 0 radical (unpaired) electrons. The molecule has 0 bridgehead atoms. The molecule has 0 unspecified atom stereocenters. The highest BCUT2D eigenvalue weighted by atomic mass is 19.4. The molecule has 1 aromatic heterocycles. The number of hydrogen-bond acceptors (Lipinski definition) is 1. The first-order valence-electron chi connectivity index (χ1n) is 14.4. The van der Waals surface area contributed by atoms with Gasteiger partial charge < -0.3 is 4.74 Å². The highest BCUT2D eigenvalue weighted by Crippen LogP contribution is 2.60. The first kappa shape index (κ1) is 39.4. The zero-order valence-electron chi connectivity index (χ0n) is 25.0. The first-order chi connectivity index (χ1) is 21.0. The third-order valence-corrected chi connectivity index (χ3v) is 7.73. The van der Waals surface area contributed by atoms with Gasteiger partial charge in [-0.05, 0) is 37.5 Å². The van der Waals surface area contributed by atoms with E-state index in [1.54, 1.807) is 6.07 Å². The lowest BCUT2D eigenvalue weighted by Crippen LogP contribution is -2.70. The molecule has 0 saturated carbocycles. The highest BCUT2D eigenvalue weighted by Gasteiger charge is 2.90. The van der Waals surface area contributed by atoms with Crippen LogP contribution in [0.4, 0.5) is 61.5 Å². The van der Waals surface area contributed by atoms with E-state index in [0.29, 0.717) is 37.2 Å². The lowest BCUT2D eigenvalue weighted by molar-refractivity contribution is -0.694. The van der Waals surface area contributed by atoms with Crippen LogP contribution in [0.2, 0.25) is 0 Å². The Kier molecular flexibility index (Phi) is 12.8. The molecule has 2 aromatic rings. The zero-order valence-corrected chi connectivity index (χ0v) is 25.0. The molecule has 264 valence electrons. The first-order valence-corrected chi connectivity index (χ1v) is 14.4. The number of aryl methyl sites for hydroxylation is 1. The summed E-state index contributed by atoms with van der Waals surface area (Å²) in [4.78, 5) is 0. The fourth-order valence-corrected chi connectivity index (χ4v) is 4.82. The van der Waals surface area contributed by atoms with Crippen LogP contribution in [0.1, 0.15) is 75.6 Å². The van der Waals surface area contributed by atoms with Gasteiger partial charge in [0.1, 0.15) is 30.5 Å². The van der Waals surface area contributed by atoms with Crippen molar-refractivity contribution < 1.29 is 70.8 Å². The van der Waals surface area contributed by atoms with Crippen LogP contribution in [0.15, 0.2) is 30.6 Å². The maximum atomic E-state index is 13.8. The summed E-state index contributed by atoms with van der Waals surface area (Å²) in [6.45, 7) is 3.02. The molecule has 1 heterocycles. The number of methoxy groups -OCH3 is 1. The van der Waals surface area contributed by atoms with E-state index in [2.05, 4.69) is 0 Å². The number of alkyl halides is 13. The van der Waals surface area contributed by atoms with Crippen molar-refractivity contribution in [1.82, 2.24) is 4.57 Å². The Morgan fingerprint density at radius 2 is 1.17 bits per heavy atom. The van der Waals surface area contributed by atoms with Crippen LogP contribution in [0.5, 0.6) is 5.75 Å². The van der Waals surface area contributed by atoms with Gasteiger partial charge in [0, 0.05) is 18.9 Å². The summed E-state index contributed by atoms with van der Waals surface area (Å²) < 4.78 is 194. The molecule has 0 spiro atoms. The molecule has 46 heavy (non-hydrogen) atoms. The minimum atomic E-state index is -7.85. The summed E-state index contributed by atoms with van der Waals surface area (Å²) >= 11 is 0. The predicted molar refractivity (Wildman–Crippen MR) is 138 cm³/mol. The van der Waals surface area contributed by atoms with Crippen LogP contribution in [-0.4, -0.2) is 47.5 Å². The molecule has 0 atom stereocenters. The van der Waals surface area contributed by atoms with Gasteiger partial charge in [-0.25, -0.2) is 13.5 Å². The Morgan fingerprint density at radius 1 is 0.674 bits per heavy atom. The van der Waals surface area contributed by atoms with Crippen LogP contribution in [0.25, 0.3) is 0 Å². The van der Waals surface area contributed by atoms with Gasteiger partial charge in [-0.1, -0.05) is 38.5 Å². The largest absolute Gasteiger partial charge is 0.496 e. The summed E-state index contributed by atoms with van der Waals surface area (Å²) in [5, 5.41) is 0. The summed E-state index contributed by atoms with van der Waals surface area (Å²) in [5.74, 6) is -35.4.